The molecule has 1 aromatic carbocycles. The number of nitro benzene ring substituents is 1. The van der Waals surface area contributed by atoms with E-state index < -0.39 is 46.5 Å². The molecule has 130 valence electrons. The third-order valence-electron chi connectivity index (χ3n) is 2.89. The first-order chi connectivity index (χ1) is 10.2. The maximum atomic E-state index is 13.6. The van der Waals surface area contributed by atoms with Crippen LogP contribution in [0.15, 0.2) is 24.3 Å². The highest BCUT2D eigenvalue weighted by atomic mass is 19.4. The number of non-ortho nitro benzene ring substituents is 1. The number of alkyl halides is 8. The largest absolute Gasteiger partial charge is 0.390 e. The predicted octanol–water partition coefficient (Wildman–Crippen LogP) is 3.58. The van der Waals surface area contributed by atoms with Crippen molar-refractivity contribution in [3.63, 3.8) is 0 Å². The molecule has 0 radical (unpaired) electrons. The van der Waals surface area contributed by atoms with E-state index in [0.29, 0.717) is 12.1 Å². The fourth-order valence-electron chi connectivity index (χ4n) is 1.50. The predicted molar refractivity (Wildman–Crippen MR) is 58.9 cm³/mol. The maximum Gasteiger partial charge on any atom is 0.382 e. The Morgan fingerprint density at radius 2 is 1.35 bits per heavy atom. The molecule has 4 nitrogen and oxygen atoms in total. The zero-order chi connectivity index (χ0) is 18.3. The fourth-order valence-corrected chi connectivity index (χ4v) is 1.50. The van der Waals surface area contributed by atoms with Crippen LogP contribution in [0.2, 0.25) is 0 Å². The van der Waals surface area contributed by atoms with Gasteiger partial charge >= 0.3 is 23.7 Å². The quantitative estimate of drug-likeness (QED) is 0.483. The van der Waals surface area contributed by atoms with Gasteiger partial charge in [0.05, 0.1) is 4.92 Å². The average molecular weight is 353 g/mol. The SMILES string of the molecule is O=[N+]([O-])c1ccc(C(F)(F)C(F)(F)C(F)(F)C(F)(F)CO)cc1. The molecule has 0 aliphatic heterocycles. The van der Waals surface area contributed by atoms with Crippen molar-refractivity contribution in [3.05, 3.63) is 39.9 Å². The minimum atomic E-state index is -6.58. The molecule has 0 aliphatic carbocycles. The molecule has 23 heavy (non-hydrogen) atoms. The molecule has 0 bridgehead atoms. The molecule has 0 aromatic heterocycles. The summed E-state index contributed by atoms with van der Waals surface area (Å²) in [5.74, 6) is -24.8. The van der Waals surface area contributed by atoms with Crippen molar-refractivity contribution in [2.24, 2.45) is 0 Å². The minimum Gasteiger partial charge on any atom is -0.390 e. The third kappa shape index (κ3) is 2.82. The summed E-state index contributed by atoms with van der Waals surface area (Å²) in [6, 6.07) is 0.724. The number of nitrogens with zero attached hydrogens (tertiary/aromatic N) is 1. The zero-order valence-corrected chi connectivity index (χ0v) is 10.8. The first-order valence-electron chi connectivity index (χ1n) is 5.59. The van der Waals surface area contributed by atoms with Gasteiger partial charge in [-0.2, -0.15) is 35.1 Å². The number of aliphatic hydroxyl groups is 1. The highest BCUT2D eigenvalue weighted by Gasteiger charge is 2.80. The topological polar surface area (TPSA) is 63.4 Å². The molecule has 1 rings (SSSR count). The molecule has 1 N–H and O–H groups in total. The van der Waals surface area contributed by atoms with Crippen LogP contribution < -0.4 is 0 Å². The van der Waals surface area contributed by atoms with Gasteiger partial charge in [0.1, 0.15) is 6.61 Å². The zero-order valence-electron chi connectivity index (χ0n) is 10.8. The lowest BCUT2D eigenvalue weighted by Gasteiger charge is -2.36. The lowest BCUT2D eigenvalue weighted by Crippen LogP contribution is -2.62. The molecule has 0 fully saturated rings. The van der Waals surface area contributed by atoms with Gasteiger partial charge < -0.3 is 5.11 Å². The number of halogens is 8. The highest BCUT2D eigenvalue weighted by molar-refractivity contribution is 5.36. The van der Waals surface area contributed by atoms with Crippen molar-refractivity contribution in [1.82, 2.24) is 0 Å². The molecule has 0 spiro atoms. The Bertz CT molecular complexity index is 587. The van der Waals surface area contributed by atoms with Crippen molar-refractivity contribution in [2.75, 3.05) is 6.61 Å². The summed E-state index contributed by atoms with van der Waals surface area (Å²) in [6.45, 7) is -2.79. The average Bonchev–Trinajstić information content (AvgIpc) is 2.46. The van der Waals surface area contributed by atoms with Crippen LogP contribution in [0.25, 0.3) is 0 Å². The molecule has 0 saturated heterocycles. The second-order valence-electron chi connectivity index (χ2n) is 4.39. The van der Waals surface area contributed by atoms with E-state index in [-0.39, 0.29) is 12.1 Å². The van der Waals surface area contributed by atoms with Crippen molar-refractivity contribution in [2.45, 2.75) is 23.7 Å². The number of hydrogen-bond acceptors (Lipinski definition) is 3. The van der Waals surface area contributed by atoms with Crippen molar-refractivity contribution < 1.29 is 45.2 Å². The van der Waals surface area contributed by atoms with Crippen LogP contribution in [0.5, 0.6) is 0 Å². The van der Waals surface area contributed by atoms with Gasteiger partial charge in [-0.3, -0.25) is 10.1 Å². The Labute approximate surface area is 122 Å². The number of hydrogen-bond donors (Lipinski definition) is 1. The number of aliphatic hydroxyl groups excluding tert-OH is 1. The molecule has 12 heteroatoms. The molecule has 0 unspecified atom stereocenters. The molecule has 0 heterocycles. The van der Waals surface area contributed by atoms with E-state index in [9.17, 15) is 45.2 Å². The summed E-state index contributed by atoms with van der Waals surface area (Å²) < 4.78 is 106. The standard InChI is InChI=1S/C11H7F8NO3/c12-8(13,5-21)10(16,17)11(18,19)9(14,15)6-1-3-7(4-2-6)20(22)23/h1-4,21H,5H2. The first-order valence-corrected chi connectivity index (χ1v) is 5.59. The van der Waals surface area contributed by atoms with Gasteiger partial charge in [-0.1, -0.05) is 0 Å². The van der Waals surface area contributed by atoms with Gasteiger partial charge in [0.25, 0.3) is 5.69 Å². The van der Waals surface area contributed by atoms with E-state index in [1.807, 2.05) is 0 Å². The van der Waals surface area contributed by atoms with Gasteiger partial charge in [-0.25, -0.2) is 0 Å². The molecule has 0 amide bonds. The van der Waals surface area contributed by atoms with E-state index in [1.165, 1.54) is 0 Å². The Morgan fingerprint density at radius 1 is 0.913 bits per heavy atom. The van der Waals surface area contributed by atoms with Crippen LogP contribution in [0.4, 0.5) is 40.8 Å². The van der Waals surface area contributed by atoms with Gasteiger partial charge in [-0.05, 0) is 12.1 Å². The Hall–Kier alpha value is -1.98. The Morgan fingerprint density at radius 3 is 1.70 bits per heavy atom. The smallest absolute Gasteiger partial charge is 0.382 e. The summed E-state index contributed by atoms with van der Waals surface area (Å²) in [7, 11) is 0. The van der Waals surface area contributed by atoms with E-state index in [2.05, 4.69) is 0 Å². The van der Waals surface area contributed by atoms with E-state index >= 15 is 0 Å². The number of benzene rings is 1. The van der Waals surface area contributed by atoms with Crippen LogP contribution in [0.3, 0.4) is 0 Å². The second-order valence-corrected chi connectivity index (χ2v) is 4.39. The molecule has 1 aromatic rings. The molecular formula is C11H7F8NO3. The van der Waals surface area contributed by atoms with Gasteiger partial charge in [0.2, 0.25) is 0 Å². The molecule has 0 saturated carbocycles. The molecule has 0 atom stereocenters. The summed E-state index contributed by atoms with van der Waals surface area (Å²) >= 11 is 0. The lowest BCUT2D eigenvalue weighted by atomic mass is 9.93. The Balaban J connectivity index is 3.36. The van der Waals surface area contributed by atoms with Crippen LogP contribution >= 0.6 is 0 Å². The van der Waals surface area contributed by atoms with Crippen molar-refractivity contribution in [3.8, 4) is 0 Å². The third-order valence-corrected chi connectivity index (χ3v) is 2.89. The first kappa shape index (κ1) is 19.1. The monoisotopic (exact) mass is 353 g/mol. The summed E-state index contributed by atoms with van der Waals surface area (Å²) in [4.78, 5) is 9.24. The van der Waals surface area contributed by atoms with Gasteiger partial charge in [0, 0.05) is 17.7 Å². The number of nitro groups is 1. The van der Waals surface area contributed by atoms with Crippen LogP contribution in [-0.2, 0) is 5.92 Å². The number of rotatable bonds is 6. The fraction of sp³-hybridized carbons (Fsp3) is 0.455. The maximum absolute atomic E-state index is 13.6. The van der Waals surface area contributed by atoms with Crippen LogP contribution in [-0.4, -0.2) is 34.4 Å². The molecular weight excluding hydrogens is 346 g/mol. The van der Waals surface area contributed by atoms with E-state index in [1.54, 1.807) is 0 Å². The van der Waals surface area contributed by atoms with E-state index in [4.69, 9.17) is 5.11 Å². The van der Waals surface area contributed by atoms with Gasteiger partial charge in [-0.15, -0.1) is 0 Å². The van der Waals surface area contributed by atoms with E-state index in [0.717, 1.165) is 0 Å². The summed E-state index contributed by atoms with van der Waals surface area (Å²) in [5.41, 5.74) is -2.64. The lowest BCUT2D eigenvalue weighted by molar-refractivity contribution is -0.385. The van der Waals surface area contributed by atoms with Crippen molar-refractivity contribution >= 4 is 5.69 Å². The highest BCUT2D eigenvalue weighted by Crippen LogP contribution is 2.56. The van der Waals surface area contributed by atoms with Crippen molar-refractivity contribution in [1.29, 1.82) is 0 Å². The summed E-state index contributed by atoms with van der Waals surface area (Å²) in [6.07, 6.45) is 0. The Kier molecular flexibility index (Phi) is 4.63. The minimum absolute atomic E-state index is 0.0409. The second kappa shape index (κ2) is 5.58. The van der Waals surface area contributed by atoms with Crippen LogP contribution in [0, 0.1) is 10.1 Å². The molecule has 0 aliphatic rings. The van der Waals surface area contributed by atoms with Gasteiger partial charge in [0.15, 0.2) is 0 Å². The van der Waals surface area contributed by atoms with Crippen LogP contribution in [0.1, 0.15) is 5.56 Å². The normalized spacial score (nSPS) is 14.0. The summed E-state index contributed by atoms with van der Waals surface area (Å²) in [5, 5.41) is 18.4.